The number of fused-ring (bicyclic) bond motifs is 2. The quantitative estimate of drug-likeness (QED) is 0.850. The summed E-state index contributed by atoms with van der Waals surface area (Å²) in [6.45, 7) is 6.50. The first-order valence-electron chi connectivity index (χ1n) is 8.78. The Balaban J connectivity index is 1.41. The topological polar surface area (TPSA) is 45.7 Å². The van der Waals surface area contributed by atoms with Crippen molar-refractivity contribution in [3.63, 3.8) is 0 Å². The van der Waals surface area contributed by atoms with Gasteiger partial charge in [0.2, 0.25) is 5.91 Å². The molecule has 3 aliphatic heterocycles. The van der Waals surface area contributed by atoms with E-state index in [2.05, 4.69) is 22.0 Å². The van der Waals surface area contributed by atoms with Crippen LogP contribution in [0.5, 0.6) is 0 Å². The van der Waals surface area contributed by atoms with Gasteiger partial charge in [0.1, 0.15) is 0 Å². The lowest BCUT2D eigenvalue weighted by Gasteiger charge is -2.33. The van der Waals surface area contributed by atoms with Gasteiger partial charge in [-0.25, -0.2) is 0 Å². The molecule has 1 aromatic heterocycles. The van der Waals surface area contributed by atoms with E-state index in [1.165, 1.54) is 0 Å². The van der Waals surface area contributed by atoms with E-state index in [1.807, 2.05) is 17.9 Å². The number of aromatic nitrogens is 1. The summed E-state index contributed by atoms with van der Waals surface area (Å²) in [5.74, 6) is 0.388. The van der Waals surface area contributed by atoms with Gasteiger partial charge in [-0.1, -0.05) is 6.07 Å². The lowest BCUT2D eigenvalue weighted by atomic mass is 9.99. The fourth-order valence-corrected chi connectivity index (χ4v) is 4.22. The van der Waals surface area contributed by atoms with E-state index in [0.29, 0.717) is 5.91 Å². The molecule has 5 nitrogen and oxygen atoms in total. The largest absolute Gasteiger partial charge is 0.371 e. The van der Waals surface area contributed by atoms with E-state index >= 15 is 0 Å². The predicted molar refractivity (Wildman–Crippen MR) is 86.8 cm³/mol. The number of hydrogen-bond acceptors (Lipinski definition) is 4. The van der Waals surface area contributed by atoms with Gasteiger partial charge in [0.25, 0.3) is 0 Å². The molecule has 3 saturated heterocycles. The molecule has 4 heterocycles. The van der Waals surface area contributed by atoms with E-state index < -0.39 is 0 Å². The van der Waals surface area contributed by atoms with Crippen molar-refractivity contribution in [2.24, 2.45) is 5.92 Å². The third kappa shape index (κ3) is 3.12. The lowest BCUT2D eigenvalue weighted by molar-refractivity contribution is -0.137. The van der Waals surface area contributed by atoms with Gasteiger partial charge in [0.05, 0.1) is 23.8 Å². The van der Waals surface area contributed by atoms with E-state index in [4.69, 9.17) is 4.74 Å². The zero-order valence-electron chi connectivity index (χ0n) is 13.8. The number of carbonyl (C=O) groups is 1. The Bertz CT molecular complexity index is 585. The van der Waals surface area contributed by atoms with Gasteiger partial charge in [-0.15, -0.1) is 0 Å². The Labute approximate surface area is 137 Å². The monoisotopic (exact) mass is 315 g/mol. The number of ether oxygens (including phenoxy) is 1. The van der Waals surface area contributed by atoms with Crippen molar-refractivity contribution < 1.29 is 9.53 Å². The van der Waals surface area contributed by atoms with Gasteiger partial charge in [0.15, 0.2) is 0 Å². The minimum Gasteiger partial charge on any atom is -0.371 e. The van der Waals surface area contributed by atoms with Crippen LogP contribution < -0.4 is 0 Å². The summed E-state index contributed by atoms with van der Waals surface area (Å²) in [6.07, 6.45) is 3.45. The first-order valence-corrected chi connectivity index (χ1v) is 8.78. The molecule has 0 unspecified atom stereocenters. The minimum absolute atomic E-state index is 0.0617. The second kappa shape index (κ2) is 6.21. The molecule has 0 radical (unpaired) electrons. The Hall–Kier alpha value is -1.46. The van der Waals surface area contributed by atoms with Crippen molar-refractivity contribution in [2.75, 3.05) is 26.2 Å². The average Bonchev–Trinajstić information content (AvgIpc) is 3.15. The molecule has 1 aromatic rings. The maximum atomic E-state index is 12.7. The van der Waals surface area contributed by atoms with Crippen molar-refractivity contribution in [1.29, 1.82) is 0 Å². The molecule has 3 aliphatic rings. The van der Waals surface area contributed by atoms with Crippen LogP contribution in [0, 0.1) is 12.8 Å². The third-order valence-corrected chi connectivity index (χ3v) is 5.30. The molecule has 23 heavy (non-hydrogen) atoms. The Morgan fingerprint density at radius 1 is 1.30 bits per heavy atom. The van der Waals surface area contributed by atoms with Gasteiger partial charge in [0, 0.05) is 38.4 Å². The van der Waals surface area contributed by atoms with Crippen molar-refractivity contribution in [3.05, 3.63) is 29.6 Å². The molecule has 3 atom stereocenters. The summed E-state index contributed by atoms with van der Waals surface area (Å²) >= 11 is 0. The maximum Gasteiger partial charge on any atom is 0.228 e. The highest BCUT2D eigenvalue weighted by atomic mass is 16.5. The summed E-state index contributed by atoms with van der Waals surface area (Å²) in [5, 5.41) is 0. The second-order valence-electron chi connectivity index (χ2n) is 7.14. The molecule has 1 amide bonds. The molecule has 124 valence electrons. The van der Waals surface area contributed by atoms with Crippen molar-refractivity contribution >= 4 is 5.91 Å². The van der Waals surface area contributed by atoms with Crippen LogP contribution in [0.25, 0.3) is 0 Å². The molecule has 2 bridgehead atoms. The Morgan fingerprint density at radius 2 is 2.13 bits per heavy atom. The number of pyridine rings is 1. The first-order chi connectivity index (χ1) is 11.2. The fourth-order valence-electron chi connectivity index (χ4n) is 4.22. The SMILES string of the molecule is Cc1cccc(CN2C[C@H]3C[C@@H](C(=O)N4CCCC4)[C@@H](C2)O3)n1. The smallest absolute Gasteiger partial charge is 0.228 e. The van der Waals surface area contributed by atoms with Gasteiger partial charge in [-0.3, -0.25) is 14.7 Å². The number of aryl methyl sites for hydroxylation is 1. The van der Waals surface area contributed by atoms with Gasteiger partial charge < -0.3 is 9.64 Å². The third-order valence-electron chi connectivity index (χ3n) is 5.30. The predicted octanol–water partition coefficient (Wildman–Crippen LogP) is 1.60. The summed E-state index contributed by atoms with van der Waals surface area (Å²) < 4.78 is 6.07. The second-order valence-corrected chi connectivity index (χ2v) is 7.14. The van der Waals surface area contributed by atoms with Crippen LogP contribution in [-0.4, -0.2) is 59.1 Å². The van der Waals surface area contributed by atoms with Crippen molar-refractivity contribution in [3.8, 4) is 0 Å². The zero-order chi connectivity index (χ0) is 15.8. The number of carbonyl (C=O) groups excluding carboxylic acids is 1. The number of likely N-dealkylation sites (tertiary alicyclic amines) is 2. The van der Waals surface area contributed by atoms with Crippen molar-refractivity contribution in [2.45, 2.75) is 44.9 Å². The molecule has 0 saturated carbocycles. The number of rotatable bonds is 3. The van der Waals surface area contributed by atoms with Crippen LogP contribution in [0.3, 0.4) is 0 Å². The lowest BCUT2D eigenvalue weighted by Crippen LogP contribution is -2.45. The van der Waals surface area contributed by atoms with Gasteiger partial charge in [-0.05, 0) is 38.3 Å². The molecule has 4 rings (SSSR count). The number of morpholine rings is 1. The minimum atomic E-state index is 0.0617. The molecular weight excluding hydrogens is 290 g/mol. The van der Waals surface area contributed by atoms with Gasteiger partial charge in [-0.2, -0.15) is 0 Å². The van der Waals surface area contributed by atoms with Crippen LogP contribution in [-0.2, 0) is 16.1 Å². The maximum absolute atomic E-state index is 12.7. The molecular formula is C18H25N3O2. The number of hydrogen-bond donors (Lipinski definition) is 0. The average molecular weight is 315 g/mol. The molecule has 5 heteroatoms. The number of amides is 1. The van der Waals surface area contributed by atoms with Crippen molar-refractivity contribution in [1.82, 2.24) is 14.8 Å². The number of nitrogens with zero attached hydrogens (tertiary/aromatic N) is 3. The van der Waals surface area contributed by atoms with E-state index in [-0.39, 0.29) is 18.1 Å². The fraction of sp³-hybridized carbons (Fsp3) is 0.667. The van der Waals surface area contributed by atoms with Crippen LogP contribution in [0.15, 0.2) is 18.2 Å². The molecule has 0 N–H and O–H groups in total. The standard InChI is InChI=1S/C18H25N3O2/c1-13-5-4-6-14(19-13)10-20-11-15-9-16(17(12-20)23-15)18(22)21-7-2-3-8-21/h4-6,15-17H,2-3,7-12H2,1H3/t15-,16-,17-/m1/s1. The molecule has 0 spiro atoms. The highest BCUT2D eigenvalue weighted by molar-refractivity contribution is 5.80. The van der Waals surface area contributed by atoms with Crippen LogP contribution in [0.4, 0.5) is 0 Å². The first kappa shape index (κ1) is 15.1. The molecule has 0 aliphatic carbocycles. The van der Waals surface area contributed by atoms with E-state index in [1.54, 1.807) is 0 Å². The Morgan fingerprint density at radius 3 is 2.91 bits per heavy atom. The zero-order valence-corrected chi connectivity index (χ0v) is 13.8. The Kier molecular flexibility index (Phi) is 4.07. The molecule has 3 fully saturated rings. The summed E-state index contributed by atoms with van der Waals surface area (Å²) in [4.78, 5) is 21.8. The molecule has 0 aromatic carbocycles. The highest BCUT2D eigenvalue weighted by Crippen LogP contribution is 2.34. The highest BCUT2D eigenvalue weighted by Gasteiger charge is 2.46. The van der Waals surface area contributed by atoms with E-state index in [0.717, 1.165) is 63.4 Å². The summed E-state index contributed by atoms with van der Waals surface area (Å²) in [5.41, 5.74) is 2.16. The summed E-state index contributed by atoms with van der Waals surface area (Å²) in [6, 6.07) is 6.17. The summed E-state index contributed by atoms with van der Waals surface area (Å²) in [7, 11) is 0. The van der Waals surface area contributed by atoms with Crippen LogP contribution in [0.1, 0.15) is 30.7 Å². The van der Waals surface area contributed by atoms with Crippen LogP contribution >= 0.6 is 0 Å². The normalized spacial score (nSPS) is 30.8. The van der Waals surface area contributed by atoms with E-state index in [9.17, 15) is 4.79 Å². The van der Waals surface area contributed by atoms with Crippen LogP contribution in [0.2, 0.25) is 0 Å². The van der Waals surface area contributed by atoms with Gasteiger partial charge >= 0.3 is 0 Å².